The Morgan fingerprint density at radius 3 is 2.04 bits per heavy atom. The van der Waals surface area contributed by atoms with Crippen LogP contribution < -0.4 is 10.1 Å². The van der Waals surface area contributed by atoms with Crippen LogP contribution in [0.2, 0.25) is 0 Å². The molecule has 0 unspecified atom stereocenters. The van der Waals surface area contributed by atoms with Crippen LogP contribution >= 0.6 is 0 Å². The summed E-state index contributed by atoms with van der Waals surface area (Å²) in [5.41, 5.74) is 1.03. The summed E-state index contributed by atoms with van der Waals surface area (Å²) in [7, 11) is 2.35. The van der Waals surface area contributed by atoms with Crippen molar-refractivity contribution in [2.75, 3.05) is 26.1 Å². The molecule has 0 aliphatic rings. The van der Waals surface area contributed by atoms with E-state index in [1.807, 2.05) is 18.2 Å². The van der Waals surface area contributed by atoms with Gasteiger partial charge in [0.25, 0.3) is 5.91 Å². The fourth-order valence-corrected chi connectivity index (χ4v) is 2.12. The number of para-hydroxylation sites is 1. The lowest BCUT2D eigenvalue weighted by molar-refractivity contribution is -0.143. The Labute approximate surface area is 156 Å². The van der Waals surface area contributed by atoms with Gasteiger partial charge in [-0.3, -0.25) is 4.79 Å². The Hall–Kier alpha value is -3.61. The first kappa shape index (κ1) is 19.7. The number of ether oxygens (including phenoxy) is 3. The van der Waals surface area contributed by atoms with Gasteiger partial charge in [-0.05, 0) is 35.9 Å². The molecule has 27 heavy (non-hydrogen) atoms. The lowest BCUT2D eigenvalue weighted by Crippen LogP contribution is -2.20. The maximum absolute atomic E-state index is 11.9. The molecule has 0 saturated carbocycles. The number of methoxy groups -OCH3 is 2. The standard InChI is InChI=1S/C20H19NO6/c1-25-19(23)17(20(24)26-2)12-14-8-10-16(11-9-14)27-13-18(22)21-15-6-4-3-5-7-15/h3-12H,13H2,1-2H3,(H,21,22). The molecule has 7 heteroatoms. The minimum absolute atomic E-state index is 0.153. The van der Waals surface area contributed by atoms with Gasteiger partial charge in [0.2, 0.25) is 0 Å². The second-order valence-corrected chi connectivity index (χ2v) is 5.31. The Balaban J connectivity index is 1.98. The van der Waals surface area contributed by atoms with Gasteiger partial charge in [0.05, 0.1) is 14.2 Å². The second-order valence-electron chi connectivity index (χ2n) is 5.31. The van der Waals surface area contributed by atoms with Crippen molar-refractivity contribution >= 4 is 29.6 Å². The number of hydrogen-bond acceptors (Lipinski definition) is 6. The first-order chi connectivity index (χ1) is 13.0. The van der Waals surface area contributed by atoms with Crippen molar-refractivity contribution in [3.05, 3.63) is 65.7 Å². The number of carbonyl (C=O) groups excluding carboxylic acids is 3. The summed E-state index contributed by atoms with van der Waals surface area (Å²) in [4.78, 5) is 35.2. The number of esters is 2. The number of benzene rings is 2. The summed E-state index contributed by atoms with van der Waals surface area (Å²) < 4.78 is 14.6. The van der Waals surface area contributed by atoms with E-state index in [-0.39, 0.29) is 18.1 Å². The van der Waals surface area contributed by atoms with Crippen LogP contribution in [0.1, 0.15) is 5.56 Å². The van der Waals surface area contributed by atoms with Gasteiger partial charge in [0.1, 0.15) is 11.3 Å². The van der Waals surface area contributed by atoms with Crippen molar-refractivity contribution in [2.24, 2.45) is 0 Å². The lowest BCUT2D eigenvalue weighted by atomic mass is 10.1. The molecule has 7 nitrogen and oxygen atoms in total. The molecule has 0 fully saturated rings. The van der Waals surface area contributed by atoms with Gasteiger partial charge in [-0.2, -0.15) is 0 Å². The quantitative estimate of drug-likeness (QED) is 0.349. The summed E-state index contributed by atoms with van der Waals surface area (Å²) in [6.45, 7) is -0.153. The first-order valence-corrected chi connectivity index (χ1v) is 7.99. The SMILES string of the molecule is COC(=O)C(=Cc1ccc(OCC(=O)Nc2ccccc2)cc1)C(=O)OC. The van der Waals surface area contributed by atoms with E-state index in [1.54, 1.807) is 36.4 Å². The minimum Gasteiger partial charge on any atom is -0.484 e. The van der Waals surface area contributed by atoms with E-state index in [0.29, 0.717) is 17.0 Å². The molecule has 2 aromatic carbocycles. The van der Waals surface area contributed by atoms with Gasteiger partial charge in [0, 0.05) is 5.69 Å². The zero-order chi connectivity index (χ0) is 19.6. The third-order valence-corrected chi connectivity index (χ3v) is 3.43. The third kappa shape index (κ3) is 6.00. The fourth-order valence-electron chi connectivity index (χ4n) is 2.12. The van der Waals surface area contributed by atoms with Gasteiger partial charge in [0.15, 0.2) is 6.61 Å². The van der Waals surface area contributed by atoms with Crippen LogP contribution in [0.15, 0.2) is 60.2 Å². The van der Waals surface area contributed by atoms with Crippen LogP contribution in [0.4, 0.5) is 5.69 Å². The number of hydrogen-bond donors (Lipinski definition) is 1. The highest BCUT2D eigenvalue weighted by Crippen LogP contribution is 2.16. The Morgan fingerprint density at radius 2 is 1.48 bits per heavy atom. The summed E-state index contributed by atoms with van der Waals surface area (Å²) in [6.07, 6.45) is 1.35. The first-order valence-electron chi connectivity index (χ1n) is 7.99. The van der Waals surface area contributed by atoms with Crippen molar-refractivity contribution in [3.8, 4) is 5.75 Å². The molecule has 2 aromatic rings. The zero-order valence-corrected chi connectivity index (χ0v) is 14.9. The summed E-state index contributed by atoms with van der Waals surface area (Å²) in [6, 6.07) is 15.6. The molecule has 0 atom stereocenters. The van der Waals surface area contributed by atoms with E-state index in [9.17, 15) is 14.4 Å². The molecule has 0 aliphatic heterocycles. The molecule has 0 saturated heterocycles. The Morgan fingerprint density at radius 1 is 0.889 bits per heavy atom. The topological polar surface area (TPSA) is 90.9 Å². The number of anilines is 1. The van der Waals surface area contributed by atoms with E-state index in [0.717, 1.165) is 0 Å². The van der Waals surface area contributed by atoms with E-state index < -0.39 is 11.9 Å². The van der Waals surface area contributed by atoms with Gasteiger partial charge < -0.3 is 19.5 Å². The van der Waals surface area contributed by atoms with E-state index in [2.05, 4.69) is 14.8 Å². The van der Waals surface area contributed by atoms with Crippen LogP contribution in [0.3, 0.4) is 0 Å². The molecule has 0 heterocycles. The smallest absolute Gasteiger partial charge is 0.345 e. The second kappa shape index (κ2) is 9.76. The number of rotatable bonds is 7. The normalized spacial score (nSPS) is 9.70. The van der Waals surface area contributed by atoms with Crippen molar-refractivity contribution in [2.45, 2.75) is 0 Å². The molecule has 0 aromatic heterocycles. The molecule has 1 amide bonds. The highest BCUT2D eigenvalue weighted by Gasteiger charge is 2.19. The van der Waals surface area contributed by atoms with E-state index in [1.165, 1.54) is 20.3 Å². The van der Waals surface area contributed by atoms with Crippen LogP contribution in [0.25, 0.3) is 6.08 Å². The third-order valence-electron chi connectivity index (χ3n) is 3.43. The van der Waals surface area contributed by atoms with E-state index >= 15 is 0 Å². The molecule has 1 N–H and O–H groups in total. The summed E-state index contributed by atoms with van der Waals surface area (Å²) in [5.74, 6) is -1.41. The Kier molecular flexibility index (Phi) is 7.13. The maximum Gasteiger partial charge on any atom is 0.345 e. The van der Waals surface area contributed by atoms with Crippen LogP contribution in [0, 0.1) is 0 Å². The van der Waals surface area contributed by atoms with Gasteiger partial charge in [-0.1, -0.05) is 30.3 Å². The van der Waals surface area contributed by atoms with Gasteiger partial charge >= 0.3 is 11.9 Å². The van der Waals surface area contributed by atoms with Crippen molar-refractivity contribution < 1.29 is 28.6 Å². The average molecular weight is 369 g/mol. The lowest BCUT2D eigenvalue weighted by Gasteiger charge is -2.08. The van der Waals surface area contributed by atoms with Crippen molar-refractivity contribution in [1.82, 2.24) is 0 Å². The van der Waals surface area contributed by atoms with Crippen LogP contribution in [-0.4, -0.2) is 38.7 Å². The van der Waals surface area contributed by atoms with Crippen molar-refractivity contribution in [1.29, 1.82) is 0 Å². The molecule has 140 valence electrons. The summed E-state index contributed by atoms with van der Waals surface area (Å²) >= 11 is 0. The monoisotopic (exact) mass is 369 g/mol. The van der Waals surface area contributed by atoms with Gasteiger partial charge in [-0.25, -0.2) is 9.59 Å². The number of amides is 1. The van der Waals surface area contributed by atoms with E-state index in [4.69, 9.17) is 4.74 Å². The molecule has 0 aliphatic carbocycles. The maximum atomic E-state index is 11.9. The molecule has 0 spiro atoms. The number of nitrogens with one attached hydrogen (secondary N) is 1. The predicted molar refractivity (Wildman–Crippen MR) is 99.0 cm³/mol. The minimum atomic E-state index is -0.792. The fraction of sp³-hybridized carbons (Fsp3) is 0.150. The van der Waals surface area contributed by atoms with Crippen LogP contribution in [-0.2, 0) is 23.9 Å². The number of carbonyl (C=O) groups is 3. The zero-order valence-electron chi connectivity index (χ0n) is 14.9. The highest BCUT2D eigenvalue weighted by molar-refractivity contribution is 6.17. The van der Waals surface area contributed by atoms with Crippen LogP contribution in [0.5, 0.6) is 5.75 Å². The Bertz CT molecular complexity index is 809. The predicted octanol–water partition coefficient (Wildman–Crippen LogP) is 2.43. The molecule has 0 radical (unpaired) electrons. The molecular weight excluding hydrogens is 350 g/mol. The largest absolute Gasteiger partial charge is 0.484 e. The van der Waals surface area contributed by atoms with Crippen molar-refractivity contribution in [3.63, 3.8) is 0 Å². The van der Waals surface area contributed by atoms with Gasteiger partial charge in [-0.15, -0.1) is 0 Å². The average Bonchev–Trinajstić information content (AvgIpc) is 2.71. The molecular formula is C20H19NO6. The molecule has 2 rings (SSSR count). The highest BCUT2D eigenvalue weighted by atomic mass is 16.5. The summed E-state index contributed by atoms with van der Waals surface area (Å²) in [5, 5.41) is 2.71. The molecule has 0 bridgehead atoms.